The van der Waals surface area contributed by atoms with Crippen molar-refractivity contribution in [3.63, 3.8) is 0 Å². The molecule has 3 nitrogen and oxygen atoms in total. The van der Waals surface area contributed by atoms with Crippen molar-refractivity contribution in [3.8, 4) is 5.75 Å². The average molecular weight is 264 g/mol. The Morgan fingerprint density at radius 1 is 1.26 bits per heavy atom. The first kappa shape index (κ1) is 15.7. The standard InChI is InChI=1S/C16H28N2O/c1-5-10-19-16-11-14(8-9-15(16)17)18(7-3)12-13(4)6-2/h8-9,11,13H,5-7,10,12,17H2,1-4H3. The van der Waals surface area contributed by atoms with Crippen LogP contribution in [0.25, 0.3) is 0 Å². The van der Waals surface area contributed by atoms with Gasteiger partial charge in [0.15, 0.2) is 0 Å². The van der Waals surface area contributed by atoms with Crippen molar-refractivity contribution in [2.45, 2.75) is 40.5 Å². The zero-order chi connectivity index (χ0) is 14.3. The minimum atomic E-state index is 0.692. The van der Waals surface area contributed by atoms with Crippen LogP contribution in [0.4, 0.5) is 11.4 Å². The molecule has 1 unspecified atom stereocenters. The van der Waals surface area contributed by atoms with Crippen molar-refractivity contribution >= 4 is 11.4 Å². The number of benzene rings is 1. The lowest BCUT2D eigenvalue weighted by molar-refractivity contribution is 0.319. The molecular formula is C16H28N2O. The van der Waals surface area contributed by atoms with Gasteiger partial charge in [0.25, 0.3) is 0 Å². The Labute approximate surface area is 117 Å². The molecule has 0 heterocycles. The molecule has 108 valence electrons. The summed E-state index contributed by atoms with van der Waals surface area (Å²) >= 11 is 0. The Kier molecular flexibility index (Phi) is 6.54. The summed E-state index contributed by atoms with van der Waals surface area (Å²) in [4.78, 5) is 2.38. The van der Waals surface area contributed by atoms with Gasteiger partial charge in [-0.15, -0.1) is 0 Å². The lowest BCUT2D eigenvalue weighted by Gasteiger charge is -2.27. The molecule has 3 heteroatoms. The van der Waals surface area contributed by atoms with E-state index in [4.69, 9.17) is 10.5 Å². The fourth-order valence-electron chi connectivity index (χ4n) is 1.98. The second kappa shape index (κ2) is 7.93. The minimum Gasteiger partial charge on any atom is -0.491 e. The van der Waals surface area contributed by atoms with Gasteiger partial charge in [-0.05, 0) is 31.4 Å². The van der Waals surface area contributed by atoms with E-state index in [0.717, 1.165) is 30.9 Å². The van der Waals surface area contributed by atoms with Gasteiger partial charge < -0.3 is 15.4 Å². The van der Waals surface area contributed by atoms with Crippen LogP contribution in [0.5, 0.6) is 5.75 Å². The summed E-state index contributed by atoms with van der Waals surface area (Å²) in [6.07, 6.45) is 2.19. The fourth-order valence-corrected chi connectivity index (χ4v) is 1.98. The van der Waals surface area contributed by atoms with Crippen LogP contribution >= 0.6 is 0 Å². The molecular weight excluding hydrogens is 236 g/mol. The van der Waals surface area contributed by atoms with Crippen molar-refractivity contribution < 1.29 is 4.74 Å². The van der Waals surface area contributed by atoms with Crippen LogP contribution in [-0.4, -0.2) is 19.7 Å². The van der Waals surface area contributed by atoms with Crippen LogP contribution in [0.2, 0.25) is 0 Å². The molecule has 1 rings (SSSR count). The molecule has 0 bridgehead atoms. The highest BCUT2D eigenvalue weighted by atomic mass is 16.5. The van der Waals surface area contributed by atoms with Crippen molar-refractivity contribution in [2.24, 2.45) is 5.92 Å². The third-order valence-electron chi connectivity index (χ3n) is 3.43. The second-order valence-electron chi connectivity index (χ2n) is 5.12. The molecule has 0 aliphatic heterocycles. The van der Waals surface area contributed by atoms with E-state index in [1.165, 1.54) is 12.1 Å². The normalized spacial score (nSPS) is 12.2. The Balaban J connectivity index is 2.85. The van der Waals surface area contributed by atoms with E-state index in [1.807, 2.05) is 6.07 Å². The zero-order valence-electron chi connectivity index (χ0n) is 12.8. The number of anilines is 2. The van der Waals surface area contributed by atoms with Crippen molar-refractivity contribution in [1.82, 2.24) is 0 Å². The van der Waals surface area contributed by atoms with Gasteiger partial charge in [-0.25, -0.2) is 0 Å². The quantitative estimate of drug-likeness (QED) is 0.723. The lowest BCUT2D eigenvalue weighted by Crippen LogP contribution is -2.28. The van der Waals surface area contributed by atoms with Gasteiger partial charge in [0, 0.05) is 24.8 Å². The van der Waals surface area contributed by atoms with Crippen LogP contribution in [-0.2, 0) is 0 Å². The van der Waals surface area contributed by atoms with E-state index < -0.39 is 0 Å². The molecule has 1 atom stereocenters. The molecule has 1 aromatic rings. The molecule has 0 aliphatic carbocycles. The molecule has 2 N–H and O–H groups in total. The average Bonchev–Trinajstić information content (AvgIpc) is 2.43. The Hall–Kier alpha value is -1.38. The second-order valence-corrected chi connectivity index (χ2v) is 5.12. The molecule has 1 aromatic carbocycles. The summed E-state index contributed by atoms with van der Waals surface area (Å²) in [6, 6.07) is 6.09. The molecule has 0 saturated carbocycles. The Morgan fingerprint density at radius 3 is 2.58 bits per heavy atom. The topological polar surface area (TPSA) is 38.5 Å². The molecule has 0 aromatic heterocycles. The third-order valence-corrected chi connectivity index (χ3v) is 3.43. The minimum absolute atomic E-state index is 0.692. The van der Waals surface area contributed by atoms with E-state index in [1.54, 1.807) is 0 Å². The van der Waals surface area contributed by atoms with Gasteiger partial charge in [-0.1, -0.05) is 27.2 Å². The third kappa shape index (κ3) is 4.66. The molecule has 0 fully saturated rings. The van der Waals surface area contributed by atoms with Gasteiger partial charge in [0.1, 0.15) is 5.75 Å². The molecule has 0 aliphatic rings. The molecule has 0 radical (unpaired) electrons. The predicted molar refractivity (Wildman–Crippen MR) is 84.0 cm³/mol. The first-order valence-electron chi connectivity index (χ1n) is 7.39. The SMILES string of the molecule is CCCOc1cc(N(CC)CC(C)CC)ccc1N. The van der Waals surface area contributed by atoms with E-state index in [-0.39, 0.29) is 0 Å². The molecule has 19 heavy (non-hydrogen) atoms. The summed E-state index contributed by atoms with van der Waals surface area (Å²) in [5, 5.41) is 0. The number of ether oxygens (including phenoxy) is 1. The van der Waals surface area contributed by atoms with Crippen LogP contribution in [0.3, 0.4) is 0 Å². The number of nitrogen functional groups attached to an aromatic ring is 1. The van der Waals surface area contributed by atoms with E-state index in [2.05, 4.69) is 44.7 Å². The number of nitrogens with zero attached hydrogens (tertiary/aromatic N) is 1. The largest absolute Gasteiger partial charge is 0.491 e. The first-order chi connectivity index (χ1) is 9.12. The maximum atomic E-state index is 5.96. The van der Waals surface area contributed by atoms with Gasteiger partial charge in [-0.3, -0.25) is 0 Å². The number of hydrogen-bond acceptors (Lipinski definition) is 3. The Morgan fingerprint density at radius 2 is 2.00 bits per heavy atom. The highest BCUT2D eigenvalue weighted by Crippen LogP contribution is 2.28. The maximum Gasteiger partial charge on any atom is 0.144 e. The molecule has 0 saturated heterocycles. The Bertz CT molecular complexity index is 379. The monoisotopic (exact) mass is 264 g/mol. The van der Waals surface area contributed by atoms with Gasteiger partial charge in [0.2, 0.25) is 0 Å². The van der Waals surface area contributed by atoms with Crippen LogP contribution in [0.15, 0.2) is 18.2 Å². The summed E-state index contributed by atoms with van der Waals surface area (Å²) in [6.45, 7) is 11.6. The first-order valence-corrected chi connectivity index (χ1v) is 7.39. The highest BCUT2D eigenvalue weighted by Gasteiger charge is 2.10. The van der Waals surface area contributed by atoms with Gasteiger partial charge in [-0.2, -0.15) is 0 Å². The van der Waals surface area contributed by atoms with Crippen molar-refractivity contribution in [1.29, 1.82) is 0 Å². The van der Waals surface area contributed by atoms with Crippen LogP contribution in [0, 0.1) is 5.92 Å². The summed E-state index contributed by atoms with van der Waals surface area (Å²) in [5.74, 6) is 1.50. The summed E-state index contributed by atoms with van der Waals surface area (Å²) < 4.78 is 5.70. The summed E-state index contributed by atoms with van der Waals surface area (Å²) in [7, 11) is 0. The van der Waals surface area contributed by atoms with Crippen molar-refractivity contribution in [3.05, 3.63) is 18.2 Å². The molecule has 0 spiro atoms. The van der Waals surface area contributed by atoms with E-state index in [9.17, 15) is 0 Å². The smallest absolute Gasteiger partial charge is 0.144 e. The maximum absolute atomic E-state index is 5.96. The lowest BCUT2D eigenvalue weighted by atomic mass is 10.1. The van der Waals surface area contributed by atoms with Crippen LogP contribution < -0.4 is 15.4 Å². The number of hydrogen-bond donors (Lipinski definition) is 1. The predicted octanol–water partition coefficient (Wildman–Crippen LogP) is 3.93. The van der Waals surface area contributed by atoms with Gasteiger partial charge >= 0.3 is 0 Å². The number of rotatable bonds is 8. The van der Waals surface area contributed by atoms with E-state index >= 15 is 0 Å². The van der Waals surface area contributed by atoms with Gasteiger partial charge in [0.05, 0.1) is 12.3 Å². The highest BCUT2D eigenvalue weighted by molar-refractivity contribution is 5.62. The van der Waals surface area contributed by atoms with Crippen molar-refractivity contribution in [2.75, 3.05) is 30.3 Å². The van der Waals surface area contributed by atoms with E-state index in [0.29, 0.717) is 12.5 Å². The molecule has 0 amide bonds. The van der Waals surface area contributed by atoms with Crippen LogP contribution in [0.1, 0.15) is 40.5 Å². The zero-order valence-corrected chi connectivity index (χ0v) is 12.8. The summed E-state index contributed by atoms with van der Waals surface area (Å²) in [5.41, 5.74) is 7.87. The fraction of sp³-hybridized carbons (Fsp3) is 0.625. The number of nitrogens with two attached hydrogens (primary N) is 1.